The first-order chi connectivity index (χ1) is 9.54. The summed E-state index contributed by atoms with van der Waals surface area (Å²) in [6, 6.07) is 3.63. The second-order valence-corrected chi connectivity index (χ2v) is 6.15. The van der Waals surface area contributed by atoms with Crippen LogP contribution < -0.4 is 11.1 Å². The smallest absolute Gasteiger partial charge is 0.230 e. The summed E-state index contributed by atoms with van der Waals surface area (Å²) in [6.45, 7) is 0.439. The zero-order valence-corrected chi connectivity index (χ0v) is 11.9. The van der Waals surface area contributed by atoms with Gasteiger partial charge in [-0.05, 0) is 31.0 Å². The molecule has 1 aromatic carbocycles. The van der Waals surface area contributed by atoms with E-state index in [-0.39, 0.29) is 17.2 Å². The SMILES string of the molecule is NCC1(NC(=O)CSc2ccc(F)c(F)c2)CCCC1. The molecule has 2 rings (SSSR count). The molecule has 0 bridgehead atoms. The van der Waals surface area contributed by atoms with E-state index in [1.807, 2.05) is 0 Å². The van der Waals surface area contributed by atoms with E-state index in [1.165, 1.54) is 17.8 Å². The van der Waals surface area contributed by atoms with Crippen LogP contribution in [0.15, 0.2) is 23.1 Å². The molecule has 20 heavy (non-hydrogen) atoms. The number of thioether (sulfide) groups is 1. The fourth-order valence-corrected chi connectivity index (χ4v) is 3.20. The molecule has 0 spiro atoms. The van der Waals surface area contributed by atoms with Gasteiger partial charge in [0.2, 0.25) is 5.91 Å². The molecule has 1 amide bonds. The van der Waals surface area contributed by atoms with Crippen LogP contribution in [0.4, 0.5) is 8.78 Å². The fraction of sp³-hybridized carbons (Fsp3) is 0.500. The zero-order valence-electron chi connectivity index (χ0n) is 11.1. The topological polar surface area (TPSA) is 55.1 Å². The summed E-state index contributed by atoms with van der Waals surface area (Å²) in [5.74, 6) is -1.73. The Morgan fingerprint density at radius 2 is 2.00 bits per heavy atom. The molecule has 1 aliphatic rings. The Kier molecular flexibility index (Phi) is 4.99. The number of hydrogen-bond donors (Lipinski definition) is 2. The second-order valence-electron chi connectivity index (χ2n) is 5.10. The minimum absolute atomic E-state index is 0.118. The Bertz CT molecular complexity index is 490. The third kappa shape index (κ3) is 3.70. The van der Waals surface area contributed by atoms with Crippen LogP contribution in [0.25, 0.3) is 0 Å². The number of benzene rings is 1. The highest BCUT2D eigenvalue weighted by Gasteiger charge is 2.33. The lowest BCUT2D eigenvalue weighted by molar-refractivity contribution is -0.120. The maximum Gasteiger partial charge on any atom is 0.230 e. The fourth-order valence-electron chi connectivity index (χ4n) is 2.48. The highest BCUT2D eigenvalue weighted by Crippen LogP contribution is 2.29. The third-order valence-electron chi connectivity index (χ3n) is 3.62. The number of nitrogens with one attached hydrogen (secondary N) is 1. The van der Waals surface area contributed by atoms with Gasteiger partial charge in [-0.1, -0.05) is 12.8 Å². The van der Waals surface area contributed by atoms with Gasteiger partial charge < -0.3 is 11.1 Å². The monoisotopic (exact) mass is 300 g/mol. The second kappa shape index (κ2) is 6.54. The van der Waals surface area contributed by atoms with Crippen LogP contribution in [0.5, 0.6) is 0 Å². The molecule has 110 valence electrons. The van der Waals surface area contributed by atoms with Gasteiger partial charge in [0, 0.05) is 11.4 Å². The third-order valence-corrected chi connectivity index (χ3v) is 4.61. The minimum Gasteiger partial charge on any atom is -0.349 e. The van der Waals surface area contributed by atoms with Gasteiger partial charge >= 0.3 is 0 Å². The molecule has 0 heterocycles. The van der Waals surface area contributed by atoms with Crippen molar-refractivity contribution in [2.24, 2.45) is 5.73 Å². The number of rotatable bonds is 5. The van der Waals surface area contributed by atoms with Gasteiger partial charge in [0.15, 0.2) is 11.6 Å². The van der Waals surface area contributed by atoms with Gasteiger partial charge in [0.05, 0.1) is 11.3 Å². The van der Waals surface area contributed by atoms with E-state index >= 15 is 0 Å². The van der Waals surface area contributed by atoms with Crippen molar-refractivity contribution < 1.29 is 13.6 Å². The molecule has 0 saturated heterocycles. The first-order valence-electron chi connectivity index (χ1n) is 6.64. The summed E-state index contributed by atoms with van der Waals surface area (Å²) >= 11 is 1.18. The predicted molar refractivity (Wildman–Crippen MR) is 75.5 cm³/mol. The number of hydrogen-bond acceptors (Lipinski definition) is 3. The Balaban J connectivity index is 1.87. The van der Waals surface area contributed by atoms with Crippen molar-refractivity contribution in [3.05, 3.63) is 29.8 Å². The van der Waals surface area contributed by atoms with E-state index in [0.29, 0.717) is 11.4 Å². The molecular weight excluding hydrogens is 282 g/mol. The van der Waals surface area contributed by atoms with Crippen molar-refractivity contribution >= 4 is 17.7 Å². The van der Waals surface area contributed by atoms with E-state index in [9.17, 15) is 13.6 Å². The van der Waals surface area contributed by atoms with Crippen molar-refractivity contribution in [3.8, 4) is 0 Å². The van der Waals surface area contributed by atoms with E-state index < -0.39 is 11.6 Å². The molecule has 3 nitrogen and oxygen atoms in total. The number of carbonyl (C=O) groups excluding carboxylic acids is 1. The van der Waals surface area contributed by atoms with E-state index in [0.717, 1.165) is 37.8 Å². The summed E-state index contributed by atoms with van der Waals surface area (Å²) in [5.41, 5.74) is 5.48. The largest absolute Gasteiger partial charge is 0.349 e. The molecule has 0 radical (unpaired) electrons. The van der Waals surface area contributed by atoms with Crippen LogP contribution in [-0.4, -0.2) is 23.7 Å². The van der Waals surface area contributed by atoms with Crippen molar-refractivity contribution in [3.63, 3.8) is 0 Å². The van der Waals surface area contributed by atoms with Crippen LogP contribution >= 0.6 is 11.8 Å². The quantitative estimate of drug-likeness (QED) is 0.821. The summed E-state index contributed by atoms with van der Waals surface area (Å²) < 4.78 is 25.8. The molecule has 1 fully saturated rings. The molecule has 1 aliphatic carbocycles. The molecule has 3 N–H and O–H groups in total. The maximum atomic E-state index is 13.0. The molecular formula is C14H18F2N2OS. The highest BCUT2D eigenvalue weighted by atomic mass is 32.2. The first kappa shape index (κ1) is 15.3. The normalized spacial score (nSPS) is 17.1. The minimum atomic E-state index is -0.898. The highest BCUT2D eigenvalue weighted by molar-refractivity contribution is 8.00. The molecule has 0 aromatic heterocycles. The van der Waals surface area contributed by atoms with Gasteiger partial charge in [-0.15, -0.1) is 11.8 Å². The molecule has 1 aromatic rings. The van der Waals surface area contributed by atoms with Gasteiger partial charge in [0.1, 0.15) is 0 Å². The molecule has 0 atom stereocenters. The van der Waals surface area contributed by atoms with Crippen LogP contribution in [0, 0.1) is 11.6 Å². The molecule has 0 unspecified atom stereocenters. The van der Waals surface area contributed by atoms with Crippen LogP contribution in [0.2, 0.25) is 0 Å². The van der Waals surface area contributed by atoms with Crippen molar-refractivity contribution in [2.75, 3.05) is 12.3 Å². The van der Waals surface area contributed by atoms with Gasteiger partial charge in [-0.2, -0.15) is 0 Å². The summed E-state index contributed by atoms with van der Waals surface area (Å²) in [5, 5.41) is 2.99. The Morgan fingerprint density at radius 3 is 2.60 bits per heavy atom. The first-order valence-corrected chi connectivity index (χ1v) is 7.62. The molecule has 0 aliphatic heterocycles. The van der Waals surface area contributed by atoms with Gasteiger partial charge in [0.25, 0.3) is 0 Å². The lowest BCUT2D eigenvalue weighted by Gasteiger charge is -2.28. The van der Waals surface area contributed by atoms with E-state index in [4.69, 9.17) is 5.73 Å². The Morgan fingerprint density at radius 1 is 1.30 bits per heavy atom. The van der Waals surface area contributed by atoms with Crippen LogP contribution in [0.3, 0.4) is 0 Å². The standard InChI is InChI=1S/C14H18F2N2OS/c15-11-4-3-10(7-12(11)16)20-8-13(19)18-14(9-17)5-1-2-6-14/h3-4,7H,1-2,5-6,8-9,17H2,(H,18,19). The van der Waals surface area contributed by atoms with Crippen LogP contribution in [0.1, 0.15) is 25.7 Å². The lowest BCUT2D eigenvalue weighted by Crippen LogP contribution is -2.52. The summed E-state index contributed by atoms with van der Waals surface area (Å²) in [7, 11) is 0. The Labute approximate surface area is 121 Å². The summed E-state index contributed by atoms with van der Waals surface area (Å²) in [4.78, 5) is 12.5. The Hall–Kier alpha value is -1.14. The van der Waals surface area contributed by atoms with Crippen molar-refractivity contribution in [1.82, 2.24) is 5.32 Å². The molecule has 1 saturated carbocycles. The number of nitrogens with two attached hydrogens (primary N) is 1. The lowest BCUT2D eigenvalue weighted by atomic mass is 9.98. The van der Waals surface area contributed by atoms with Crippen LogP contribution in [-0.2, 0) is 4.79 Å². The maximum absolute atomic E-state index is 13.0. The average Bonchev–Trinajstić information content (AvgIpc) is 2.89. The van der Waals surface area contributed by atoms with Crippen molar-refractivity contribution in [2.45, 2.75) is 36.1 Å². The molecule has 6 heteroatoms. The van der Waals surface area contributed by atoms with Crippen molar-refractivity contribution in [1.29, 1.82) is 0 Å². The average molecular weight is 300 g/mol. The number of amides is 1. The predicted octanol–water partition coefficient (Wildman–Crippen LogP) is 2.44. The van der Waals surface area contributed by atoms with E-state index in [2.05, 4.69) is 5.32 Å². The summed E-state index contributed by atoms with van der Waals surface area (Å²) in [6.07, 6.45) is 3.97. The zero-order chi connectivity index (χ0) is 14.6. The van der Waals surface area contributed by atoms with Gasteiger partial charge in [-0.25, -0.2) is 8.78 Å². The number of carbonyl (C=O) groups is 1. The number of halogens is 2. The van der Waals surface area contributed by atoms with E-state index in [1.54, 1.807) is 0 Å². The van der Waals surface area contributed by atoms with Gasteiger partial charge in [-0.3, -0.25) is 4.79 Å².